The Kier molecular flexibility index (Phi) is 7.49. The number of pyridine rings is 1. The van der Waals surface area contributed by atoms with Crippen LogP contribution >= 0.6 is 0 Å². The molecule has 1 N–H and O–H groups in total. The minimum atomic E-state index is -4.48. The third kappa shape index (κ3) is 6.23. The van der Waals surface area contributed by atoms with Crippen LogP contribution < -0.4 is 10.2 Å². The van der Waals surface area contributed by atoms with E-state index >= 15 is 0 Å². The number of amides is 1. The number of carbonyl (C=O) groups is 1. The lowest BCUT2D eigenvalue weighted by molar-refractivity contribution is -0.137. The molecule has 2 aliphatic heterocycles. The number of alkyl halides is 3. The number of nitrogens with zero attached hydrogens (tertiary/aromatic N) is 3. The molecule has 2 aliphatic rings. The van der Waals surface area contributed by atoms with Gasteiger partial charge in [-0.05, 0) is 36.1 Å². The zero-order chi connectivity index (χ0) is 23.3. The summed E-state index contributed by atoms with van der Waals surface area (Å²) in [7, 11) is 0. The highest BCUT2D eigenvalue weighted by Crippen LogP contribution is 2.36. The highest BCUT2D eigenvalue weighted by Gasteiger charge is 2.37. The molecule has 1 aromatic heterocycles. The summed E-state index contributed by atoms with van der Waals surface area (Å²) in [6.45, 7) is 5.22. The highest BCUT2D eigenvalue weighted by atomic mass is 19.4. The molecule has 0 bridgehead atoms. The number of benzene rings is 1. The van der Waals surface area contributed by atoms with Crippen LogP contribution in [0.2, 0.25) is 0 Å². The van der Waals surface area contributed by atoms with Crippen LogP contribution in [0, 0.1) is 5.92 Å². The summed E-state index contributed by atoms with van der Waals surface area (Å²) in [6, 6.07) is 10.4. The molecule has 6 nitrogen and oxygen atoms in total. The number of hydrogen-bond acceptors (Lipinski definition) is 5. The van der Waals surface area contributed by atoms with Gasteiger partial charge in [0.15, 0.2) is 0 Å². The summed E-state index contributed by atoms with van der Waals surface area (Å²) in [4.78, 5) is 20.7. The van der Waals surface area contributed by atoms with Gasteiger partial charge in [0.1, 0.15) is 5.82 Å². The van der Waals surface area contributed by atoms with E-state index in [0.717, 1.165) is 44.5 Å². The van der Waals surface area contributed by atoms with E-state index in [2.05, 4.69) is 27.3 Å². The molecule has 33 heavy (non-hydrogen) atoms. The highest BCUT2D eigenvalue weighted by molar-refractivity contribution is 5.79. The van der Waals surface area contributed by atoms with Gasteiger partial charge in [-0.2, -0.15) is 13.2 Å². The smallest absolute Gasteiger partial charge is 0.379 e. The first-order valence-corrected chi connectivity index (χ1v) is 11.3. The number of rotatable bonds is 6. The van der Waals surface area contributed by atoms with Crippen LogP contribution in [-0.2, 0) is 28.8 Å². The van der Waals surface area contributed by atoms with Gasteiger partial charge >= 0.3 is 6.18 Å². The van der Waals surface area contributed by atoms with Crippen LogP contribution in [0.1, 0.15) is 29.5 Å². The number of morpholine rings is 1. The van der Waals surface area contributed by atoms with Crippen LogP contribution in [0.15, 0.2) is 42.6 Å². The molecule has 1 atom stereocenters. The molecular weight excluding hydrogens is 433 g/mol. The quantitative estimate of drug-likeness (QED) is 0.713. The van der Waals surface area contributed by atoms with E-state index in [9.17, 15) is 18.0 Å². The van der Waals surface area contributed by atoms with Crippen molar-refractivity contribution in [1.82, 2.24) is 15.2 Å². The first-order chi connectivity index (χ1) is 15.9. The largest absolute Gasteiger partial charge is 0.419 e. The normalized spacial score (nSPS) is 20.0. The van der Waals surface area contributed by atoms with Gasteiger partial charge in [0.05, 0.1) is 24.7 Å². The molecule has 2 saturated heterocycles. The van der Waals surface area contributed by atoms with Crippen molar-refractivity contribution in [3.63, 3.8) is 0 Å². The van der Waals surface area contributed by atoms with Crippen LogP contribution in [0.5, 0.6) is 0 Å². The van der Waals surface area contributed by atoms with Gasteiger partial charge in [-0.15, -0.1) is 0 Å². The predicted octanol–water partition coefficient (Wildman–Crippen LogP) is 3.47. The van der Waals surface area contributed by atoms with Crippen molar-refractivity contribution in [3.8, 4) is 0 Å². The maximum Gasteiger partial charge on any atom is 0.419 e. The molecule has 1 aromatic carbocycles. The minimum Gasteiger partial charge on any atom is -0.379 e. The van der Waals surface area contributed by atoms with E-state index in [0.29, 0.717) is 25.9 Å². The van der Waals surface area contributed by atoms with E-state index in [4.69, 9.17) is 4.74 Å². The Labute approximate surface area is 191 Å². The first-order valence-electron chi connectivity index (χ1n) is 11.3. The van der Waals surface area contributed by atoms with Crippen LogP contribution in [0.3, 0.4) is 0 Å². The Morgan fingerprint density at radius 3 is 2.70 bits per heavy atom. The van der Waals surface area contributed by atoms with Gasteiger partial charge in [0.2, 0.25) is 5.91 Å². The number of hydrogen-bond donors (Lipinski definition) is 1. The van der Waals surface area contributed by atoms with E-state index in [-0.39, 0.29) is 24.2 Å². The van der Waals surface area contributed by atoms with Crippen molar-refractivity contribution in [1.29, 1.82) is 0 Å². The van der Waals surface area contributed by atoms with Crippen molar-refractivity contribution in [2.45, 2.75) is 32.1 Å². The molecule has 1 unspecified atom stereocenters. The lowest BCUT2D eigenvalue weighted by atomic mass is 9.96. The number of aromatic nitrogens is 1. The maximum absolute atomic E-state index is 13.4. The second-order valence-electron chi connectivity index (χ2n) is 8.58. The Morgan fingerprint density at radius 1 is 1.12 bits per heavy atom. The van der Waals surface area contributed by atoms with Crippen molar-refractivity contribution in [3.05, 3.63) is 59.3 Å². The van der Waals surface area contributed by atoms with Gasteiger partial charge in [0.25, 0.3) is 0 Å². The number of anilines is 1. The predicted molar refractivity (Wildman–Crippen MR) is 119 cm³/mol. The van der Waals surface area contributed by atoms with Crippen molar-refractivity contribution in [2.75, 3.05) is 44.3 Å². The molecule has 2 fully saturated rings. The third-order valence-electron chi connectivity index (χ3n) is 6.15. The number of ether oxygens (including phenoxy) is 1. The van der Waals surface area contributed by atoms with E-state index < -0.39 is 11.7 Å². The third-order valence-corrected chi connectivity index (χ3v) is 6.15. The molecule has 0 aliphatic carbocycles. The first kappa shape index (κ1) is 23.5. The fourth-order valence-corrected chi connectivity index (χ4v) is 4.44. The molecule has 3 heterocycles. The number of carbonyl (C=O) groups excluding carboxylic acids is 1. The number of piperidine rings is 1. The second-order valence-corrected chi connectivity index (χ2v) is 8.58. The molecule has 0 radical (unpaired) electrons. The van der Waals surface area contributed by atoms with E-state index in [1.54, 1.807) is 4.90 Å². The summed E-state index contributed by atoms with van der Waals surface area (Å²) in [6.07, 6.45) is -1.84. The van der Waals surface area contributed by atoms with Crippen molar-refractivity contribution < 1.29 is 22.7 Å². The lowest BCUT2D eigenvalue weighted by Gasteiger charge is -2.34. The minimum absolute atomic E-state index is 0.0988. The van der Waals surface area contributed by atoms with Gasteiger partial charge < -0.3 is 15.0 Å². The summed E-state index contributed by atoms with van der Waals surface area (Å²) in [5.74, 6) is -0.612. The number of nitrogens with one attached hydrogen (secondary N) is 1. The maximum atomic E-state index is 13.4. The molecule has 2 aromatic rings. The number of halogens is 3. The van der Waals surface area contributed by atoms with Crippen LogP contribution in [0.4, 0.5) is 19.0 Å². The van der Waals surface area contributed by atoms with Gasteiger partial charge in [-0.3, -0.25) is 9.69 Å². The van der Waals surface area contributed by atoms with E-state index in [1.807, 2.05) is 12.1 Å². The Morgan fingerprint density at radius 2 is 1.91 bits per heavy atom. The Bertz CT molecular complexity index is 947. The monoisotopic (exact) mass is 462 g/mol. The molecule has 9 heteroatoms. The lowest BCUT2D eigenvalue weighted by Crippen LogP contribution is -2.43. The fourth-order valence-electron chi connectivity index (χ4n) is 4.44. The SMILES string of the molecule is O=C(NCc1cccc(CN2CCOCC2)c1)C1CCCN(c2ncccc2C(F)(F)F)C1. The fraction of sp³-hybridized carbons (Fsp3) is 0.500. The average molecular weight is 463 g/mol. The summed E-state index contributed by atoms with van der Waals surface area (Å²) >= 11 is 0. The molecular formula is C24H29F3N4O2. The summed E-state index contributed by atoms with van der Waals surface area (Å²) in [5.41, 5.74) is 1.43. The molecule has 0 saturated carbocycles. The van der Waals surface area contributed by atoms with Gasteiger partial charge in [-0.25, -0.2) is 4.98 Å². The van der Waals surface area contributed by atoms with Gasteiger partial charge in [-0.1, -0.05) is 24.3 Å². The van der Waals surface area contributed by atoms with Gasteiger partial charge in [0, 0.05) is 45.5 Å². The van der Waals surface area contributed by atoms with Crippen molar-refractivity contribution >= 4 is 11.7 Å². The second kappa shape index (κ2) is 10.5. The Hall–Kier alpha value is -2.65. The molecule has 0 spiro atoms. The van der Waals surface area contributed by atoms with Crippen molar-refractivity contribution in [2.24, 2.45) is 5.92 Å². The van der Waals surface area contributed by atoms with E-state index in [1.165, 1.54) is 17.8 Å². The summed E-state index contributed by atoms with van der Waals surface area (Å²) in [5, 5.41) is 2.97. The summed E-state index contributed by atoms with van der Waals surface area (Å²) < 4.78 is 45.6. The standard InChI is InChI=1S/C24H29F3N4O2/c25-24(26,27)21-7-2-8-28-22(21)31-9-3-6-20(17-31)23(32)29-15-18-4-1-5-19(14-18)16-30-10-12-33-13-11-30/h1-2,4-5,7-8,14,20H,3,6,9-13,15-17H2,(H,29,32). The topological polar surface area (TPSA) is 57.7 Å². The van der Waals surface area contributed by atoms with Crippen LogP contribution in [-0.4, -0.2) is 55.2 Å². The zero-order valence-electron chi connectivity index (χ0n) is 18.5. The molecule has 178 valence electrons. The average Bonchev–Trinajstić information content (AvgIpc) is 2.83. The van der Waals surface area contributed by atoms with Crippen LogP contribution in [0.25, 0.3) is 0 Å². The Balaban J connectivity index is 1.34. The molecule has 4 rings (SSSR count). The molecule has 1 amide bonds. The zero-order valence-corrected chi connectivity index (χ0v) is 18.5.